The summed E-state index contributed by atoms with van der Waals surface area (Å²) in [5.74, 6) is -1.23. The van der Waals surface area contributed by atoms with Crippen LogP contribution in [0.15, 0.2) is 84.9 Å². The lowest BCUT2D eigenvalue weighted by atomic mass is 10.1. The van der Waals surface area contributed by atoms with Gasteiger partial charge in [0.25, 0.3) is 0 Å². The highest BCUT2D eigenvalue weighted by Crippen LogP contribution is 2.17. The van der Waals surface area contributed by atoms with Gasteiger partial charge in [0, 0.05) is 0 Å². The molecule has 0 saturated carbocycles. The molecule has 0 fully saturated rings. The molecule has 0 spiro atoms. The number of fused-ring (bicyclic) bond motifs is 2. The second kappa shape index (κ2) is 9.17. The highest BCUT2D eigenvalue weighted by atomic mass is 17.2. The summed E-state index contributed by atoms with van der Waals surface area (Å²) in [5, 5.41) is 3.90. The first kappa shape index (κ1) is 19.6. The van der Waals surface area contributed by atoms with Gasteiger partial charge in [-0.3, -0.25) is 9.78 Å². The van der Waals surface area contributed by atoms with Crippen LogP contribution < -0.4 is 0 Å². The maximum absolute atomic E-state index is 12.0. The minimum Gasteiger partial charge on any atom is -0.293 e. The molecule has 0 aliphatic rings. The van der Waals surface area contributed by atoms with E-state index in [0.29, 0.717) is 11.1 Å². The molecular weight excluding hydrogens is 384 g/mol. The molecule has 0 radical (unpaired) electrons. The third-order valence-corrected chi connectivity index (χ3v) is 4.49. The van der Waals surface area contributed by atoms with E-state index in [0.717, 1.165) is 21.5 Å². The normalized spacial score (nSPS) is 10.8. The Morgan fingerprint density at radius 3 is 1.37 bits per heavy atom. The zero-order chi connectivity index (χ0) is 20.8. The SMILES string of the molecule is O=C(OOCCOOC(=O)c1ccc2ccccc2c1)c1ccc2ccccc2c1. The molecule has 0 bridgehead atoms. The molecule has 0 atom stereocenters. The first-order valence-electron chi connectivity index (χ1n) is 9.36. The van der Waals surface area contributed by atoms with E-state index in [4.69, 9.17) is 19.6 Å². The third kappa shape index (κ3) is 4.63. The molecule has 0 saturated heterocycles. The topological polar surface area (TPSA) is 71.1 Å². The van der Waals surface area contributed by atoms with Crippen LogP contribution in [0.2, 0.25) is 0 Å². The van der Waals surface area contributed by atoms with Crippen LogP contribution in [-0.4, -0.2) is 25.2 Å². The summed E-state index contributed by atoms with van der Waals surface area (Å²) in [6.45, 7) is -0.186. The first-order valence-corrected chi connectivity index (χ1v) is 9.36. The summed E-state index contributed by atoms with van der Waals surface area (Å²) in [6.07, 6.45) is 0. The number of carbonyl (C=O) groups is 2. The van der Waals surface area contributed by atoms with Crippen LogP contribution in [0, 0.1) is 0 Å². The van der Waals surface area contributed by atoms with Crippen molar-refractivity contribution in [3.8, 4) is 0 Å². The average Bonchev–Trinajstić information content (AvgIpc) is 2.80. The Kier molecular flexibility index (Phi) is 5.98. The summed E-state index contributed by atoms with van der Waals surface area (Å²) in [5.41, 5.74) is 0.745. The summed E-state index contributed by atoms with van der Waals surface area (Å²) >= 11 is 0. The molecule has 0 aliphatic carbocycles. The second-order valence-electron chi connectivity index (χ2n) is 6.51. The molecule has 4 rings (SSSR count). The quantitative estimate of drug-likeness (QED) is 0.250. The van der Waals surface area contributed by atoms with Crippen molar-refractivity contribution in [3.05, 3.63) is 96.1 Å². The smallest absolute Gasteiger partial charge is 0.293 e. The van der Waals surface area contributed by atoms with Gasteiger partial charge >= 0.3 is 11.9 Å². The van der Waals surface area contributed by atoms with Gasteiger partial charge in [-0.25, -0.2) is 9.59 Å². The van der Waals surface area contributed by atoms with Crippen LogP contribution in [0.5, 0.6) is 0 Å². The fourth-order valence-electron chi connectivity index (χ4n) is 2.99. The van der Waals surface area contributed by atoms with Crippen molar-refractivity contribution in [1.82, 2.24) is 0 Å². The Bertz CT molecular complexity index is 1110. The van der Waals surface area contributed by atoms with E-state index < -0.39 is 11.9 Å². The summed E-state index contributed by atoms with van der Waals surface area (Å²) in [6, 6.07) is 25.8. The minimum atomic E-state index is -0.617. The van der Waals surface area contributed by atoms with Gasteiger partial charge in [0.1, 0.15) is 13.2 Å². The molecule has 150 valence electrons. The van der Waals surface area contributed by atoms with Crippen molar-refractivity contribution in [2.45, 2.75) is 0 Å². The highest BCUT2D eigenvalue weighted by molar-refractivity contribution is 5.95. The van der Waals surface area contributed by atoms with Gasteiger partial charge in [-0.15, -0.1) is 0 Å². The van der Waals surface area contributed by atoms with Crippen molar-refractivity contribution >= 4 is 33.5 Å². The van der Waals surface area contributed by atoms with Gasteiger partial charge in [0.15, 0.2) is 0 Å². The van der Waals surface area contributed by atoms with Crippen molar-refractivity contribution in [2.24, 2.45) is 0 Å². The average molecular weight is 402 g/mol. The molecule has 30 heavy (non-hydrogen) atoms. The van der Waals surface area contributed by atoms with Crippen LogP contribution in [0.3, 0.4) is 0 Å². The molecule has 4 aromatic carbocycles. The Balaban J connectivity index is 1.20. The van der Waals surface area contributed by atoms with E-state index >= 15 is 0 Å². The Hall–Kier alpha value is -3.74. The Morgan fingerprint density at radius 1 is 0.533 bits per heavy atom. The van der Waals surface area contributed by atoms with Crippen LogP contribution in [0.4, 0.5) is 0 Å². The number of hydrogen-bond donors (Lipinski definition) is 0. The maximum atomic E-state index is 12.0. The van der Waals surface area contributed by atoms with Crippen LogP contribution in [0.25, 0.3) is 21.5 Å². The van der Waals surface area contributed by atoms with Crippen molar-refractivity contribution in [3.63, 3.8) is 0 Å². The summed E-state index contributed by atoms with van der Waals surface area (Å²) in [7, 11) is 0. The number of carbonyl (C=O) groups excluding carboxylic acids is 2. The monoisotopic (exact) mass is 402 g/mol. The van der Waals surface area contributed by atoms with E-state index in [1.54, 1.807) is 24.3 Å². The lowest BCUT2D eigenvalue weighted by Crippen LogP contribution is -2.12. The zero-order valence-electron chi connectivity index (χ0n) is 15.9. The lowest BCUT2D eigenvalue weighted by Gasteiger charge is -2.06. The molecule has 4 aromatic rings. The molecule has 0 amide bonds. The van der Waals surface area contributed by atoms with Gasteiger partial charge < -0.3 is 0 Å². The standard InChI is InChI=1S/C24H18O6/c25-23(21-11-9-17-5-1-3-7-19(17)15-21)29-27-13-14-28-30-24(26)22-12-10-18-6-2-4-8-20(18)16-22/h1-12,15-16H,13-14H2. The summed E-state index contributed by atoms with van der Waals surface area (Å²) < 4.78 is 0. The third-order valence-electron chi connectivity index (χ3n) is 4.49. The predicted octanol–water partition coefficient (Wildman–Crippen LogP) is 4.87. The molecule has 0 heterocycles. The number of rotatable bonds is 7. The fraction of sp³-hybridized carbons (Fsp3) is 0.0833. The van der Waals surface area contributed by atoms with Crippen LogP contribution >= 0.6 is 0 Å². The van der Waals surface area contributed by atoms with Crippen LogP contribution in [0.1, 0.15) is 20.7 Å². The molecule has 0 aliphatic heterocycles. The zero-order valence-corrected chi connectivity index (χ0v) is 15.9. The largest absolute Gasteiger partial charge is 0.373 e. The highest BCUT2D eigenvalue weighted by Gasteiger charge is 2.11. The number of hydrogen-bond acceptors (Lipinski definition) is 6. The molecule has 0 N–H and O–H groups in total. The molecule has 0 unspecified atom stereocenters. The molecule has 6 heteroatoms. The lowest BCUT2D eigenvalue weighted by molar-refractivity contribution is -0.290. The van der Waals surface area contributed by atoms with Crippen molar-refractivity contribution in [2.75, 3.05) is 13.2 Å². The van der Waals surface area contributed by atoms with Gasteiger partial charge in [-0.2, -0.15) is 9.78 Å². The van der Waals surface area contributed by atoms with E-state index in [2.05, 4.69) is 0 Å². The van der Waals surface area contributed by atoms with Gasteiger partial charge in [-0.1, -0.05) is 60.7 Å². The maximum Gasteiger partial charge on any atom is 0.373 e. The summed E-state index contributed by atoms with van der Waals surface area (Å²) in [4.78, 5) is 43.3. The second-order valence-corrected chi connectivity index (χ2v) is 6.51. The van der Waals surface area contributed by atoms with Crippen LogP contribution in [-0.2, 0) is 19.6 Å². The van der Waals surface area contributed by atoms with Crippen molar-refractivity contribution in [1.29, 1.82) is 0 Å². The fourth-order valence-corrected chi connectivity index (χ4v) is 2.99. The van der Waals surface area contributed by atoms with E-state index in [-0.39, 0.29) is 13.2 Å². The Morgan fingerprint density at radius 2 is 0.933 bits per heavy atom. The number of benzene rings is 4. The Labute approximate surface area is 172 Å². The molecule has 0 aromatic heterocycles. The van der Waals surface area contributed by atoms with Gasteiger partial charge in [0.05, 0.1) is 11.1 Å². The van der Waals surface area contributed by atoms with E-state index in [1.807, 2.05) is 60.7 Å². The van der Waals surface area contributed by atoms with E-state index in [9.17, 15) is 9.59 Å². The minimum absolute atomic E-state index is 0.0929. The van der Waals surface area contributed by atoms with Gasteiger partial charge in [-0.05, 0) is 45.8 Å². The van der Waals surface area contributed by atoms with Crippen molar-refractivity contribution < 1.29 is 29.1 Å². The van der Waals surface area contributed by atoms with E-state index in [1.165, 1.54) is 0 Å². The first-order chi connectivity index (χ1) is 14.7. The molecular formula is C24H18O6. The predicted molar refractivity (Wildman–Crippen MR) is 111 cm³/mol. The molecule has 6 nitrogen and oxygen atoms in total. The van der Waals surface area contributed by atoms with Gasteiger partial charge in [0.2, 0.25) is 0 Å².